The number of tetrazole rings is 1. The maximum absolute atomic E-state index is 12.6. The second-order valence-electron chi connectivity index (χ2n) is 7.43. The predicted octanol–water partition coefficient (Wildman–Crippen LogP) is 1.59. The number of benzene rings is 1. The molecule has 144 valence electrons. The zero-order valence-electron chi connectivity index (χ0n) is 16.1. The lowest BCUT2D eigenvalue weighted by atomic mass is 10.2. The van der Waals surface area contributed by atoms with Crippen molar-refractivity contribution in [2.45, 2.75) is 45.8 Å². The zero-order valence-corrected chi connectivity index (χ0v) is 16.1. The molecule has 0 radical (unpaired) electrons. The Labute approximate surface area is 159 Å². The van der Waals surface area contributed by atoms with Gasteiger partial charge in [-0.15, -0.1) is 10.2 Å². The van der Waals surface area contributed by atoms with E-state index in [1.807, 2.05) is 23.1 Å². The molecule has 2 aromatic rings. The lowest BCUT2D eigenvalue weighted by Crippen LogP contribution is -2.38. The molecule has 1 aromatic heterocycles. The molecule has 0 unspecified atom stereocenters. The summed E-state index contributed by atoms with van der Waals surface area (Å²) in [6.07, 6.45) is 2.14. The van der Waals surface area contributed by atoms with E-state index in [4.69, 9.17) is 0 Å². The van der Waals surface area contributed by atoms with Crippen molar-refractivity contribution in [1.29, 1.82) is 0 Å². The summed E-state index contributed by atoms with van der Waals surface area (Å²) in [5, 5.41) is 12.2. The number of carbonyl (C=O) groups excluding carboxylic acids is 2. The number of aromatic nitrogens is 4. The average Bonchev–Trinajstić information content (AvgIpc) is 3.40. The third kappa shape index (κ3) is 5.12. The Morgan fingerprint density at radius 1 is 1.22 bits per heavy atom. The van der Waals surface area contributed by atoms with Gasteiger partial charge in [0.2, 0.25) is 5.91 Å². The Hall–Kier alpha value is -2.77. The molecule has 1 aromatic carbocycles. The second-order valence-corrected chi connectivity index (χ2v) is 7.43. The summed E-state index contributed by atoms with van der Waals surface area (Å²) < 4.78 is 0. The first-order valence-electron chi connectivity index (χ1n) is 9.30. The monoisotopic (exact) mass is 370 g/mol. The van der Waals surface area contributed by atoms with Gasteiger partial charge in [0.15, 0.2) is 5.82 Å². The Morgan fingerprint density at radius 2 is 1.93 bits per heavy atom. The fraction of sp³-hybridized carbons (Fsp3) is 0.526. The SMILES string of the molecule is CC(C)CN(C(=O)Cn1nnc(CN(C)C(=O)c2ccccc2)n1)C1CC1. The summed E-state index contributed by atoms with van der Waals surface area (Å²) in [6.45, 7) is 5.27. The highest BCUT2D eigenvalue weighted by atomic mass is 16.2. The largest absolute Gasteiger partial charge is 0.338 e. The molecule has 1 aliphatic carbocycles. The summed E-state index contributed by atoms with van der Waals surface area (Å²) in [5.74, 6) is 0.742. The van der Waals surface area contributed by atoms with Crippen LogP contribution >= 0.6 is 0 Å². The van der Waals surface area contributed by atoms with E-state index in [2.05, 4.69) is 29.3 Å². The lowest BCUT2D eigenvalue weighted by molar-refractivity contribution is -0.133. The molecule has 27 heavy (non-hydrogen) atoms. The summed E-state index contributed by atoms with van der Waals surface area (Å²) >= 11 is 0. The van der Waals surface area contributed by atoms with Crippen molar-refractivity contribution in [1.82, 2.24) is 30.0 Å². The van der Waals surface area contributed by atoms with Gasteiger partial charge in [-0.25, -0.2) is 0 Å². The molecule has 2 amide bonds. The number of hydrogen-bond acceptors (Lipinski definition) is 5. The molecule has 0 saturated heterocycles. The highest BCUT2D eigenvalue weighted by Crippen LogP contribution is 2.27. The summed E-state index contributed by atoms with van der Waals surface area (Å²) in [4.78, 5) is 29.8. The molecule has 8 nitrogen and oxygen atoms in total. The smallest absolute Gasteiger partial charge is 0.254 e. The molecule has 0 spiro atoms. The van der Waals surface area contributed by atoms with Gasteiger partial charge in [-0.2, -0.15) is 4.80 Å². The van der Waals surface area contributed by atoms with Crippen molar-refractivity contribution in [2.75, 3.05) is 13.6 Å². The van der Waals surface area contributed by atoms with Gasteiger partial charge in [0.05, 0.1) is 6.54 Å². The number of amides is 2. The van der Waals surface area contributed by atoms with E-state index in [9.17, 15) is 9.59 Å². The quantitative estimate of drug-likeness (QED) is 0.705. The number of carbonyl (C=O) groups is 2. The fourth-order valence-corrected chi connectivity index (χ4v) is 2.94. The van der Waals surface area contributed by atoms with Gasteiger partial charge in [-0.3, -0.25) is 9.59 Å². The predicted molar refractivity (Wildman–Crippen MR) is 99.6 cm³/mol. The third-order valence-electron chi connectivity index (χ3n) is 4.39. The molecule has 0 atom stereocenters. The minimum absolute atomic E-state index is 0.0175. The molecule has 0 bridgehead atoms. The number of nitrogens with zero attached hydrogens (tertiary/aromatic N) is 6. The first-order valence-corrected chi connectivity index (χ1v) is 9.30. The van der Waals surface area contributed by atoms with Gasteiger partial charge in [0, 0.05) is 25.2 Å². The van der Waals surface area contributed by atoms with E-state index >= 15 is 0 Å². The topological polar surface area (TPSA) is 84.2 Å². The molecule has 3 rings (SSSR count). The Bertz CT molecular complexity index is 785. The first-order chi connectivity index (χ1) is 12.9. The summed E-state index contributed by atoms with van der Waals surface area (Å²) in [6, 6.07) is 9.41. The Kier molecular flexibility index (Phi) is 5.83. The van der Waals surface area contributed by atoms with Crippen LogP contribution in [0.25, 0.3) is 0 Å². The van der Waals surface area contributed by atoms with E-state index < -0.39 is 0 Å². The standard InChI is InChI=1S/C19H26N6O2/c1-14(2)11-24(16-9-10-16)18(26)13-25-21-17(20-22-25)12-23(3)19(27)15-7-5-4-6-8-15/h4-8,14,16H,9-13H2,1-3H3. The van der Waals surface area contributed by atoms with Gasteiger partial charge in [-0.1, -0.05) is 32.0 Å². The van der Waals surface area contributed by atoms with Crippen LogP contribution < -0.4 is 0 Å². The number of hydrogen-bond donors (Lipinski definition) is 0. The normalized spacial score (nSPS) is 13.6. The number of rotatable bonds is 8. The van der Waals surface area contributed by atoms with Crippen molar-refractivity contribution >= 4 is 11.8 Å². The molecule has 8 heteroatoms. The molecule has 1 aliphatic rings. The lowest BCUT2D eigenvalue weighted by Gasteiger charge is -2.24. The van der Waals surface area contributed by atoms with Crippen LogP contribution in [0.2, 0.25) is 0 Å². The van der Waals surface area contributed by atoms with Crippen molar-refractivity contribution in [2.24, 2.45) is 5.92 Å². The third-order valence-corrected chi connectivity index (χ3v) is 4.39. The molecular weight excluding hydrogens is 344 g/mol. The van der Waals surface area contributed by atoms with Crippen LogP contribution in [0, 0.1) is 5.92 Å². The molecule has 1 heterocycles. The second kappa shape index (κ2) is 8.28. The minimum atomic E-state index is -0.111. The molecule has 0 aliphatic heterocycles. The first kappa shape index (κ1) is 19.0. The molecule has 0 N–H and O–H groups in total. The van der Waals surface area contributed by atoms with E-state index in [-0.39, 0.29) is 24.9 Å². The van der Waals surface area contributed by atoms with Crippen LogP contribution in [0.4, 0.5) is 0 Å². The highest BCUT2D eigenvalue weighted by Gasteiger charge is 2.33. The van der Waals surface area contributed by atoms with Crippen LogP contribution in [0.3, 0.4) is 0 Å². The van der Waals surface area contributed by atoms with Crippen molar-refractivity contribution in [3.63, 3.8) is 0 Å². The van der Waals surface area contributed by atoms with E-state index in [1.165, 1.54) is 9.70 Å². The van der Waals surface area contributed by atoms with Crippen LogP contribution in [-0.2, 0) is 17.9 Å². The van der Waals surface area contributed by atoms with Gasteiger partial charge in [0.25, 0.3) is 5.91 Å². The van der Waals surface area contributed by atoms with Crippen LogP contribution in [0.15, 0.2) is 30.3 Å². The molecular formula is C19H26N6O2. The van der Waals surface area contributed by atoms with Gasteiger partial charge in [-0.05, 0) is 36.1 Å². The molecule has 1 fully saturated rings. The minimum Gasteiger partial charge on any atom is -0.338 e. The molecule has 1 saturated carbocycles. The Morgan fingerprint density at radius 3 is 2.56 bits per heavy atom. The van der Waals surface area contributed by atoms with Gasteiger partial charge < -0.3 is 9.80 Å². The maximum Gasteiger partial charge on any atom is 0.254 e. The van der Waals surface area contributed by atoms with E-state index in [0.717, 1.165) is 19.4 Å². The summed E-state index contributed by atoms with van der Waals surface area (Å²) in [5.41, 5.74) is 0.608. The Balaban J connectivity index is 1.58. The summed E-state index contributed by atoms with van der Waals surface area (Å²) in [7, 11) is 1.69. The maximum atomic E-state index is 12.6. The van der Waals surface area contributed by atoms with Crippen molar-refractivity contribution in [3.05, 3.63) is 41.7 Å². The van der Waals surface area contributed by atoms with Gasteiger partial charge in [0.1, 0.15) is 6.54 Å². The van der Waals surface area contributed by atoms with Crippen molar-refractivity contribution < 1.29 is 9.59 Å². The van der Waals surface area contributed by atoms with E-state index in [1.54, 1.807) is 19.2 Å². The van der Waals surface area contributed by atoms with E-state index in [0.29, 0.717) is 23.3 Å². The van der Waals surface area contributed by atoms with Crippen molar-refractivity contribution in [3.8, 4) is 0 Å². The fourth-order valence-electron chi connectivity index (χ4n) is 2.94. The van der Waals surface area contributed by atoms with Gasteiger partial charge >= 0.3 is 0 Å². The van der Waals surface area contributed by atoms with Crippen LogP contribution in [0.5, 0.6) is 0 Å². The highest BCUT2D eigenvalue weighted by molar-refractivity contribution is 5.93. The average molecular weight is 370 g/mol. The zero-order chi connectivity index (χ0) is 19.4. The van der Waals surface area contributed by atoms with Crippen LogP contribution in [-0.4, -0.2) is 61.5 Å². The van der Waals surface area contributed by atoms with Crippen LogP contribution in [0.1, 0.15) is 42.9 Å².